The van der Waals surface area contributed by atoms with Crippen LogP contribution in [0.5, 0.6) is 5.75 Å². The molecule has 0 fully saturated rings. The fourth-order valence-electron chi connectivity index (χ4n) is 2.42. The first kappa shape index (κ1) is 20.7. The summed E-state index contributed by atoms with van der Waals surface area (Å²) in [4.78, 5) is 12.2. The summed E-state index contributed by atoms with van der Waals surface area (Å²) in [6.45, 7) is 5.43. The summed E-state index contributed by atoms with van der Waals surface area (Å²) < 4.78 is 45.8. The van der Waals surface area contributed by atoms with Crippen molar-refractivity contribution in [3.8, 4) is 5.75 Å². The Morgan fingerprint density at radius 2 is 1.70 bits per heavy atom. The maximum Gasteiger partial charge on any atom is 0.264 e. The van der Waals surface area contributed by atoms with Gasteiger partial charge in [0.2, 0.25) is 5.91 Å². The fourth-order valence-corrected chi connectivity index (χ4v) is 3.84. The van der Waals surface area contributed by atoms with E-state index in [2.05, 4.69) is 5.32 Å². The van der Waals surface area contributed by atoms with Crippen LogP contribution in [0.3, 0.4) is 0 Å². The van der Waals surface area contributed by atoms with Crippen molar-refractivity contribution in [2.24, 2.45) is 0 Å². The molecule has 6 nitrogen and oxygen atoms in total. The standard InChI is InChI=1S/C19H23FN2O4S/c1-4-26-17-9-11-18(12-10-17)27(24,25)22(13-19(23)21-14(2)3)16-7-5-15(20)6-8-16/h5-12,14H,4,13H2,1-3H3,(H,21,23). The average molecular weight is 394 g/mol. The minimum atomic E-state index is -4.04. The lowest BCUT2D eigenvalue weighted by molar-refractivity contribution is -0.120. The minimum absolute atomic E-state index is 0.00706. The van der Waals surface area contributed by atoms with Gasteiger partial charge in [-0.25, -0.2) is 12.8 Å². The lowest BCUT2D eigenvalue weighted by Crippen LogP contribution is -2.42. The molecule has 1 amide bonds. The number of ether oxygens (including phenoxy) is 1. The highest BCUT2D eigenvalue weighted by Crippen LogP contribution is 2.25. The quantitative estimate of drug-likeness (QED) is 0.747. The molecule has 0 atom stereocenters. The topological polar surface area (TPSA) is 75.7 Å². The Morgan fingerprint density at radius 3 is 2.22 bits per heavy atom. The molecule has 1 N–H and O–H groups in total. The molecule has 27 heavy (non-hydrogen) atoms. The predicted molar refractivity (Wildman–Crippen MR) is 102 cm³/mol. The number of hydrogen-bond donors (Lipinski definition) is 1. The molecule has 2 rings (SSSR count). The minimum Gasteiger partial charge on any atom is -0.494 e. The maximum atomic E-state index is 13.3. The highest BCUT2D eigenvalue weighted by Gasteiger charge is 2.27. The Morgan fingerprint density at radius 1 is 1.11 bits per heavy atom. The molecule has 0 radical (unpaired) electrons. The Hall–Kier alpha value is -2.61. The van der Waals surface area contributed by atoms with Crippen LogP contribution in [0.15, 0.2) is 53.4 Å². The van der Waals surface area contributed by atoms with E-state index in [1.807, 2.05) is 6.92 Å². The average Bonchev–Trinajstić information content (AvgIpc) is 2.61. The summed E-state index contributed by atoms with van der Waals surface area (Å²) in [7, 11) is -4.04. The van der Waals surface area contributed by atoms with Crippen LogP contribution in [-0.2, 0) is 14.8 Å². The number of hydrogen-bond acceptors (Lipinski definition) is 4. The first-order valence-electron chi connectivity index (χ1n) is 8.54. The van der Waals surface area contributed by atoms with Gasteiger partial charge in [-0.05, 0) is 69.3 Å². The summed E-state index contributed by atoms with van der Waals surface area (Å²) in [5, 5.41) is 2.66. The molecular formula is C19H23FN2O4S. The van der Waals surface area contributed by atoms with E-state index < -0.39 is 28.3 Å². The van der Waals surface area contributed by atoms with Gasteiger partial charge in [0.15, 0.2) is 0 Å². The van der Waals surface area contributed by atoms with Gasteiger partial charge in [-0.15, -0.1) is 0 Å². The number of rotatable bonds is 8. The summed E-state index contributed by atoms with van der Waals surface area (Å²) in [6, 6.07) is 10.7. The van der Waals surface area contributed by atoms with Gasteiger partial charge in [0.05, 0.1) is 17.2 Å². The van der Waals surface area contributed by atoms with Crippen LogP contribution in [0.25, 0.3) is 0 Å². The largest absolute Gasteiger partial charge is 0.494 e. The Labute approximate surface area is 159 Å². The van der Waals surface area contributed by atoms with Crippen LogP contribution in [0.2, 0.25) is 0 Å². The fraction of sp³-hybridized carbons (Fsp3) is 0.316. The molecule has 0 aliphatic carbocycles. The van der Waals surface area contributed by atoms with Gasteiger partial charge >= 0.3 is 0 Å². The molecule has 146 valence electrons. The number of carbonyl (C=O) groups is 1. The molecule has 8 heteroatoms. The SMILES string of the molecule is CCOc1ccc(S(=O)(=O)N(CC(=O)NC(C)C)c2ccc(F)cc2)cc1. The zero-order valence-electron chi connectivity index (χ0n) is 15.5. The Balaban J connectivity index is 2.40. The van der Waals surface area contributed by atoms with Gasteiger partial charge in [-0.2, -0.15) is 0 Å². The Kier molecular flexibility index (Phi) is 6.79. The molecule has 2 aromatic carbocycles. The Bertz CT molecular complexity index is 866. The first-order chi connectivity index (χ1) is 12.7. The number of halogens is 1. The van der Waals surface area contributed by atoms with E-state index in [0.29, 0.717) is 12.4 Å². The van der Waals surface area contributed by atoms with Crippen LogP contribution in [0.1, 0.15) is 20.8 Å². The maximum absolute atomic E-state index is 13.3. The lowest BCUT2D eigenvalue weighted by atomic mass is 10.3. The van der Waals surface area contributed by atoms with Crippen LogP contribution < -0.4 is 14.4 Å². The zero-order valence-corrected chi connectivity index (χ0v) is 16.3. The summed E-state index contributed by atoms with van der Waals surface area (Å²) in [5.41, 5.74) is 0.198. The smallest absolute Gasteiger partial charge is 0.264 e. The summed E-state index contributed by atoms with van der Waals surface area (Å²) >= 11 is 0. The van der Waals surface area contributed by atoms with Crippen LogP contribution in [0.4, 0.5) is 10.1 Å². The van der Waals surface area contributed by atoms with Crippen molar-refractivity contribution in [3.63, 3.8) is 0 Å². The normalized spacial score (nSPS) is 11.3. The van der Waals surface area contributed by atoms with Gasteiger partial charge in [-0.1, -0.05) is 0 Å². The number of sulfonamides is 1. The number of nitrogens with one attached hydrogen (secondary N) is 1. The molecule has 0 heterocycles. The van der Waals surface area contributed by atoms with Crippen LogP contribution in [0, 0.1) is 5.82 Å². The molecule has 2 aromatic rings. The van der Waals surface area contributed by atoms with Crippen molar-refractivity contribution in [1.29, 1.82) is 0 Å². The number of benzene rings is 2. The van der Waals surface area contributed by atoms with Crippen molar-refractivity contribution in [1.82, 2.24) is 5.32 Å². The third-order valence-electron chi connectivity index (χ3n) is 3.57. The molecule has 0 bridgehead atoms. The lowest BCUT2D eigenvalue weighted by Gasteiger charge is -2.24. The van der Waals surface area contributed by atoms with Gasteiger partial charge in [0, 0.05) is 6.04 Å². The number of carbonyl (C=O) groups excluding carboxylic acids is 1. The van der Waals surface area contributed by atoms with Gasteiger partial charge in [0.1, 0.15) is 18.1 Å². The second-order valence-corrected chi connectivity index (χ2v) is 7.98. The van der Waals surface area contributed by atoms with Crippen molar-refractivity contribution < 1.29 is 22.3 Å². The summed E-state index contributed by atoms with van der Waals surface area (Å²) in [6.07, 6.45) is 0. The summed E-state index contributed by atoms with van der Waals surface area (Å²) in [5.74, 6) is -0.407. The van der Waals surface area contributed by atoms with E-state index in [0.717, 1.165) is 16.4 Å². The number of nitrogens with zero attached hydrogens (tertiary/aromatic N) is 1. The molecule has 0 aromatic heterocycles. The van der Waals surface area contributed by atoms with Gasteiger partial charge in [-0.3, -0.25) is 9.10 Å². The molecule has 0 aliphatic heterocycles. The predicted octanol–water partition coefficient (Wildman–Crippen LogP) is 2.94. The van der Waals surface area contributed by atoms with Crippen LogP contribution in [-0.4, -0.2) is 33.5 Å². The zero-order chi connectivity index (χ0) is 20.0. The van der Waals surface area contributed by atoms with Crippen LogP contribution >= 0.6 is 0 Å². The van der Waals surface area contributed by atoms with Crippen molar-refractivity contribution in [3.05, 3.63) is 54.3 Å². The molecule has 0 unspecified atom stereocenters. The third-order valence-corrected chi connectivity index (χ3v) is 5.36. The monoisotopic (exact) mass is 394 g/mol. The second-order valence-electron chi connectivity index (χ2n) is 6.11. The first-order valence-corrected chi connectivity index (χ1v) is 9.98. The molecule has 0 spiro atoms. The van der Waals surface area contributed by atoms with Gasteiger partial charge < -0.3 is 10.1 Å². The molecule has 0 saturated carbocycles. The van der Waals surface area contributed by atoms with Gasteiger partial charge in [0.25, 0.3) is 10.0 Å². The van der Waals surface area contributed by atoms with E-state index >= 15 is 0 Å². The molecular weight excluding hydrogens is 371 g/mol. The highest BCUT2D eigenvalue weighted by molar-refractivity contribution is 7.92. The number of amides is 1. The highest BCUT2D eigenvalue weighted by atomic mass is 32.2. The van der Waals surface area contributed by atoms with E-state index in [1.54, 1.807) is 26.0 Å². The van der Waals surface area contributed by atoms with Crippen molar-refractivity contribution in [2.45, 2.75) is 31.7 Å². The molecule has 0 aliphatic rings. The number of anilines is 1. The van der Waals surface area contributed by atoms with E-state index in [4.69, 9.17) is 4.74 Å². The molecule has 0 saturated heterocycles. The van der Waals surface area contributed by atoms with E-state index in [1.165, 1.54) is 24.3 Å². The third kappa shape index (κ3) is 5.43. The van der Waals surface area contributed by atoms with E-state index in [-0.39, 0.29) is 16.6 Å². The van der Waals surface area contributed by atoms with Crippen molar-refractivity contribution in [2.75, 3.05) is 17.5 Å². The second kappa shape index (κ2) is 8.85. The van der Waals surface area contributed by atoms with Crippen molar-refractivity contribution >= 4 is 21.6 Å². The van der Waals surface area contributed by atoms with E-state index in [9.17, 15) is 17.6 Å².